The first-order valence-corrected chi connectivity index (χ1v) is 21.9. The Morgan fingerprint density at radius 2 is 1.50 bits per heavy atom. The first-order chi connectivity index (χ1) is 29.3. The zero-order chi connectivity index (χ0) is 47.2. The molecule has 0 bridgehead atoms. The lowest BCUT2D eigenvalue weighted by atomic mass is 9.84. The molecule has 2 atom stereocenters. The molecular formula is C50H72N4O8. The maximum atomic E-state index is 13.5. The smallest absolute Gasteiger partial charge is 0.339 e. The number of hydrogen-bond acceptors (Lipinski definition) is 9. The van der Waals surface area contributed by atoms with Gasteiger partial charge in [0.2, 0.25) is 18.2 Å². The van der Waals surface area contributed by atoms with Crippen molar-refractivity contribution in [3.63, 3.8) is 0 Å². The topological polar surface area (TPSA) is 170 Å². The molecule has 12 nitrogen and oxygen atoms in total. The summed E-state index contributed by atoms with van der Waals surface area (Å²) in [5.74, 6) is -0.0967. The van der Waals surface area contributed by atoms with E-state index in [0.717, 1.165) is 52.6 Å². The Balaban J connectivity index is 0.00000109. The Bertz CT molecular complexity index is 2030. The van der Waals surface area contributed by atoms with Crippen LogP contribution in [0.15, 0.2) is 59.7 Å². The van der Waals surface area contributed by atoms with Gasteiger partial charge in [0.25, 0.3) is 6.47 Å². The number of carbonyl (C=O) groups is 6. The van der Waals surface area contributed by atoms with Gasteiger partial charge in [-0.2, -0.15) is 0 Å². The van der Waals surface area contributed by atoms with Crippen LogP contribution in [0.5, 0.6) is 0 Å². The number of ether oxygens (including phenoxy) is 2. The number of aryl methyl sites for hydroxylation is 2. The molecule has 0 spiro atoms. The van der Waals surface area contributed by atoms with E-state index >= 15 is 0 Å². The van der Waals surface area contributed by atoms with Crippen LogP contribution < -0.4 is 16.0 Å². The quantitative estimate of drug-likeness (QED) is 0.0409. The van der Waals surface area contributed by atoms with Crippen LogP contribution in [0.1, 0.15) is 142 Å². The van der Waals surface area contributed by atoms with Gasteiger partial charge in [-0.1, -0.05) is 73.9 Å². The molecule has 0 radical (unpaired) electrons. The first-order valence-electron chi connectivity index (χ1n) is 21.9. The summed E-state index contributed by atoms with van der Waals surface area (Å²) in [5.41, 5.74) is 5.78. The number of hydrogen-bond donors (Lipinski definition) is 3. The number of esters is 1. The predicted octanol–water partition coefficient (Wildman–Crippen LogP) is 9.45. The van der Waals surface area contributed by atoms with Gasteiger partial charge in [0.15, 0.2) is 5.78 Å². The van der Waals surface area contributed by atoms with E-state index in [-0.39, 0.29) is 42.5 Å². The number of fused-ring (bicyclic) bond motifs is 1. The second-order valence-electron chi connectivity index (χ2n) is 16.0. The normalized spacial score (nSPS) is 12.9. The highest BCUT2D eigenvalue weighted by Crippen LogP contribution is 2.35. The monoisotopic (exact) mass is 857 g/mol. The molecule has 2 aromatic carbocycles. The van der Waals surface area contributed by atoms with Gasteiger partial charge in [-0.15, -0.1) is 0 Å². The minimum atomic E-state index is -1.31. The molecule has 340 valence electrons. The number of allylic oxidation sites excluding steroid dienone is 1. The molecule has 0 saturated heterocycles. The largest absolute Gasteiger partial charge is 0.463 e. The van der Waals surface area contributed by atoms with Crippen molar-refractivity contribution in [1.82, 2.24) is 15.6 Å². The molecule has 1 unspecified atom stereocenters. The standard InChI is InChI=1S/C37H43N3O7.C11H23NO.C2H6/c1-8-28-29(9-2)35(40-33-16-11-23(4)17-30(28)33)24(5)18-32(31(25(6)43)20-46-22-42)37(7,10-3)47-36(45)26-12-14-27(15-13-26)39-34(44)19-38-21-41;1-8(2)6-7-11(13)12-10(5)9(3)4;1-2/h11-18,21-22H,8-10,19-20H2,1-7H3,(H,38,41)(H,39,44);8-10H,6-7H2,1-5H3,(H,12,13);1-2H3/b24-18+,32-31+;;/t37-;;/m0../s1. The number of amides is 3. The number of ketones is 1. The molecular weight excluding hydrogens is 785 g/mol. The van der Waals surface area contributed by atoms with Gasteiger partial charge in [0.1, 0.15) is 12.2 Å². The average Bonchev–Trinajstić information content (AvgIpc) is 3.24. The van der Waals surface area contributed by atoms with Crippen LogP contribution >= 0.6 is 0 Å². The van der Waals surface area contributed by atoms with Gasteiger partial charge in [-0.05, 0) is 131 Å². The highest BCUT2D eigenvalue weighted by Gasteiger charge is 2.35. The van der Waals surface area contributed by atoms with E-state index in [1.54, 1.807) is 19.1 Å². The summed E-state index contributed by atoms with van der Waals surface area (Å²) >= 11 is 0. The van der Waals surface area contributed by atoms with E-state index in [1.165, 1.54) is 24.6 Å². The zero-order valence-electron chi connectivity index (χ0n) is 39.7. The molecule has 3 aromatic rings. The third kappa shape index (κ3) is 16.7. The number of carbonyl (C=O) groups excluding carboxylic acids is 6. The lowest BCUT2D eigenvalue weighted by Gasteiger charge is -2.32. The fraction of sp³-hybridized carbons (Fsp3) is 0.500. The summed E-state index contributed by atoms with van der Waals surface area (Å²) in [6.07, 6.45) is 5.72. The van der Waals surface area contributed by atoms with Crippen molar-refractivity contribution in [2.75, 3.05) is 18.5 Å². The van der Waals surface area contributed by atoms with E-state index in [9.17, 15) is 28.8 Å². The lowest BCUT2D eigenvalue weighted by Crippen LogP contribution is -2.36. The van der Waals surface area contributed by atoms with E-state index < -0.39 is 17.5 Å². The molecule has 1 heterocycles. The van der Waals surface area contributed by atoms with Gasteiger partial charge in [-0.3, -0.25) is 24.0 Å². The molecule has 3 rings (SSSR count). The summed E-state index contributed by atoms with van der Waals surface area (Å²) in [4.78, 5) is 76.6. The summed E-state index contributed by atoms with van der Waals surface area (Å²) in [5, 5.41) is 9.01. The Morgan fingerprint density at radius 3 is 2.02 bits per heavy atom. The molecule has 1 aromatic heterocycles. The molecule has 0 aliphatic heterocycles. The number of benzene rings is 2. The van der Waals surface area contributed by atoms with E-state index in [0.29, 0.717) is 48.4 Å². The van der Waals surface area contributed by atoms with Gasteiger partial charge in [-0.25, -0.2) is 9.78 Å². The minimum Gasteiger partial charge on any atom is -0.463 e. The Kier molecular flexibility index (Phi) is 24.0. The molecule has 62 heavy (non-hydrogen) atoms. The van der Waals surface area contributed by atoms with Gasteiger partial charge in [0, 0.05) is 34.7 Å². The Morgan fingerprint density at radius 1 is 0.871 bits per heavy atom. The third-order valence-electron chi connectivity index (χ3n) is 10.5. The predicted molar refractivity (Wildman–Crippen MR) is 250 cm³/mol. The molecule has 0 aliphatic rings. The molecule has 0 fully saturated rings. The van der Waals surface area contributed by atoms with E-state index in [2.05, 4.69) is 77.4 Å². The minimum absolute atomic E-state index is 0.190. The average molecular weight is 857 g/mol. The van der Waals surface area contributed by atoms with Crippen LogP contribution in [0.2, 0.25) is 0 Å². The number of Topliss-reactive ketones (excluding diaryl/α,β-unsaturated/α-hetero) is 1. The van der Waals surface area contributed by atoms with Crippen molar-refractivity contribution in [2.24, 2.45) is 11.8 Å². The fourth-order valence-electron chi connectivity index (χ4n) is 6.45. The Labute approximate surface area is 370 Å². The van der Waals surface area contributed by atoms with Crippen molar-refractivity contribution in [3.8, 4) is 0 Å². The molecule has 3 amide bonds. The number of rotatable bonds is 21. The summed E-state index contributed by atoms with van der Waals surface area (Å²) in [6, 6.07) is 12.6. The zero-order valence-corrected chi connectivity index (χ0v) is 39.7. The van der Waals surface area contributed by atoms with Crippen LogP contribution in [-0.2, 0) is 46.3 Å². The molecule has 0 aliphatic carbocycles. The van der Waals surface area contributed by atoms with Crippen molar-refractivity contribution < 1.29 is 38.2 Å². The summed E-state index contributed by atoms with van der Waals surface area (Å²) in [6.45, 7) is 27.5. The summed E-state index contributed by atoms with van der Waals surface area (Å²) < 4.78 is 11.2. The highest BCUT2D eigenvalue weighted by molar-refractivity contribution is 5.97. The first kappa shape index (κ1) is 54.4. The van der Waals surface area contributed by atoms with Gasteiger partial charge >= 0.3 is 5.97 Å². The summed E-state index contributed by atoms with van der Waals surface area (Å²) in [7, 11) is 0. The molecule has 0 saturated carbocycles. The lowest BCUT2D eigenvalue weighted by molar-refractivity contribution is -0.128. The SMILES string of the molecule is CC.CC(C)CCC(=O)NC(C)C(C)C.CCc1c(/C(C)=C/C(=C(/COC=O)C(C)=O)[C@](C)(CC)OC(=O)c2ccc(NC(=O)CNC=O)cc2)nc2ccc(C)cc2c1CC. The van der Waals surface area contributed by atoms with Crippen molar-refractivity contribution in [1.29, 1.82) is 0 Å². The number of nitrogens with zero attached hydrogens (tertiary/aromatic N) is 1. The second-order valence-corrected chi connectivity index (χ2v) is 16.0. The molecule has 3 N–H and O–H groups in total. The van der Waals surface area contributed by atoms with Crippen molar-refractivity contribution in [2.45, 2.75) is 141 Å². The third-order valence-corrected chi connectivity index (χ3v) is 10.5. The maximum Gasteiger partial charge on any atom is 0.339 e. The highest BCUT2D eigenvalue weighted by atomic mass is 16.6. The number of pyridine rings is 1. The second kappa shape index (κ2) is 27.3. The van der Waals surface area contributed by atoms with Crippen LogP contribution in [0.4, 0.5) is 5.69 Å². The van der Waals surface area contributed by atoms with Gasteiger partial charge in [0.05, 0.1) is 23.3 Å². The number of aromatic nitrogens is 1. The van der Waals surface area contributed by atoms with Crippen LogP contribution in [0, 0.1) is 18.8 Å². The Hall–Kier alpha value is -5.65. The van der Waals surface area contributed by atoms with E-state index in [1.807, 2.05) is 45.9 Å². The fourth-order valence-corrected chi connectivity index (χ4v) is 6.45. The van der Waals surface area contributed by atoms with Crippen molar-refractivity contribution in [3.05, 3.63) is 87.6 Å². The van der Waals surface area contributed by atoms with Crippen molar-refractivity contribution >= 4 is 58.6 Å². The number of anilines is 1. The van der Waals surface area contributed by atoms with E-state index in [4.69, 9.17) is 14.5 Å². The van der Waals surface area contributed by atoms with Crippen LogP contribution in [0.3, 0.4) is 0 Å². The number of nitrogens with one attached hydrogen (secondary N) is 3. The molecule has 12 heteroatoms. The maximum absolute atomic E-state index is 13.5. The van der Waals surface area contributed by atoms with Crippen LogP contribution in [-0.4, -0.2) is 66.2 Å². The van der Waals surface area contributed by atoms with Gasteiger partial charge < -0.3 is 25.4 Å². The van der Waals surface area contributed by atoms with Crippen LogP contribution in [0.25, 0.3) is 16.5 Å².